The zero-order chi connectivity index (χ0) is 21.8. The number of benzene rings is 2. The number of aliphatic imine (C=N–C) groups is 1. The SMILES string of the molecule is CCNC(=NCc1cccc(COCC(F)(F)F)c1)NCCc1ccc(OC)cc1. The van der Waals surface area contributed by atoms with E-state index in [-0.39, 0.29) is 6.61 Å². The molecule has 0 saturated heterocycles. The van der Waals surface area contributed by atoms with Crippen LogP contribution in [0.4, 0.5) is 13.2 Å². The van der Waals surface area contributed by atoms with Crippen LogP contribution in [0.25, 0.3) is 0 Å². The lowest BCUT2D eigenvalue weighted by Gasteiger charge is -2.12. The third-order valence-corrected chi connectivity index (χ3v) is 4.15. The van der Waals surface area contributed by atoms with Crippen molar-refractivity contribution in [2.45, 2.75) is 32.7 Å². The molecule has 164 valence electrons. The molecule has 8 heteroatoms. The molecule has 0 aliphatic carbocycles. The summed E-state index contributed by atoms with van der Waals surface area (Å²) in [6.07, 6.45) is -3.49. The summed E-state index contributed by atoms with van der Waals surface area (Å²) in [5.74, 6) is 1.51. The van der Waals surface area contributed by atoms with E-state index in [0.717, 1.165) is 24.3 Å². The molecular formula is C22H28F3N3O2. The van der Waals surface area contributed by atoms with Gasteiger partial charge < -0.3 is 20.1 Å². The molecule has 0 amide bonds. The summed E-state index contributed by atoms with van der Waals surface area (Å²) >= 11 is 0. The maximum absolute atomic E-state index is 12.2. The highest BCUT2D eigenvalue weighted by atomic mass is 19.4. The van der Waals surface area contributed by atoms with Gasteiger partial charge in [-0.25, -0.2) is 4.99 Å². The summed E-state index contributed by atoms with van der Waals surface area (Å²) in [6.45, 7) is 2.49. The predicted molar refractivity (Wildman–Crippen MR) is 112 cm³/mol. The van der Waals surface area contributed by atoms with Gasteiger partial charge in [-0.2, -0.15) is 13.2 Å². The van der Waals surface area contributed by atoms with Crippen LogP contribution in [-0.2, 0) is 24.3 Å². The van der Waals surface area contributed by atoms with Crippen LogP contribution < -0.4 is 15.4 Å². The van der Waals surface area contributed by atoms with Gasteiger partial charge in [0.2, 0.25) is 0 Å². The normalized spacial score (nSPS) is 12.0. The fourth-order valence-corrected chi connectivity index (χ4v) is 2.73. The van der Waals surface area contributed by atoms with Crippen molar-refractivity contribution in [1.82, 2.24) is 10.6 Å². The lowest BCUT2D eigenvalue weighted by atomic mass is 10.1. The zero-order valence-electron chi connectivity index (χ0n) is 17.3. The highest BCUT2D eigenvalue weighted by Crippen LogP contribution is 2.16. The Morgan fingerprint density at radius 1 is 1.00 bits per heavy atom. The second-order valence-electron chi connectivity index (χ2n) is 6.65. The second kappa shape index (κ2) is 12.1. The van der Waals surface area contributed by atoms with E-state index in [4.69, 9.17) is 9.47 Å². The molecule has 2 N–H and O–H groups in total. The molecule has 0 unspecified atom stereocenters. The van der Waals surface area contributed by atoms with Gasteiger partial charge in [-0.15, -0.1) is 0 Å². The van der Waals surface area contributed by atoms with E-state index in [2.05, 4.69) is 15.6 Å². The van der Waals surface area contributed by atoms with Gasteiger partial charge in [0, 0.05) is 13.1 Å². The molecule has 0 heterocycles. The maximum atomic E-state index is 12.2. The minimum absolute atomic E-state index is 0.0861. The first-order valence-electron chi connectivity index (χ1n) is 9.77. The van der Waals surface area contributed by atoms with E-state index in [1.165, 1.54) is 5.56 Å². The minimum atomic E-state index is -4.32. The molecule has 2 aromatic rings. The van der Waals surface area contributed by atoms with Crippen molar-refractivity contribution in [2.75, 3.05) is 26.8 Å². The van der Waals surface area contributed by atoms with Crippen molar-refractivity contribution < 1.29 is 22.6 Å². The molecule has 30 heavy (non-hydrogen) atoms. The van der Waals surface area contributed by atoms with E-state index < -0.39 is 12.8 Å². The number of nitrogens with zero attached hydrogens (tertiary/aromatic N) is 1. The number of hydrogen-bond acceptors (Lipinski definition) is 3. The van der Waals surface area contributed by atoms with E-state index in [0.29, 0.717) is 24.6 Å². The van der Waals surface area contributed by atoms with Crippen LogP contribution in [0.15, 0.2) is 53.5 Å². The summed E-state index contributed by atoms with van der Waals surface area (Å²) in [5, 5.41) is 6.48. The van der Waals surface area contributed by atoms with Crippen molar-refractivity contribution in [3.8, 4) is 5.75 Å². The summed E-state index contributed by atoms with van der Waals surface area (Å²) in [4.78, 5) is 4.56. The molecule has 0 spiro atoms. The molecule has 0 saturated carbocycles. The van der Waals surface area contributed by atoms with E-state index >= 15 is 0 Å². The van der Waals surface area contributed by atoms with E-state index in [9.17, 15) is 13.2 Å². The van der Waals surface area contributed by atoms with Gasteiger partial charge in [0.25, 0.3) is 0 Å². The molecule has 2 aromatic carbocycles. The smallest absolute Gasteiger partial charge is 0.411 e. The van der Waals surface area contributed by atoms with Crippen LogP contribution in [0.5, 0.6) is 5.75 Å². The average molecular weight is 423 g/mol. The molecule has 2 rings (SSSR count). The number of alkyl halides is 3. The number of ether oxygens (including phenoxy) is 2. The van der Waals surface area contributed by atoms with Crippen LogP contribution in [0.1, 0.15) is 23.6 Å². The van der Waals surface area contributed by atoms with Gasteiger partial charge in [-0.1, -0.05) is 36.4 Å². The molecule has 5 nitrogen and oxygen atoms in total. The molecular weight excluding hydrogens is 395 g/mol. The third kappa shape index (κ3) is 9.17. The summed E-state index contributed by atoms with van der Waals surface area (Å²) < 4.78 is 46.5. The lowest BCUT2D eigenvalue weighted by molar-refractivity contribution is -0.176. The fraction of sp³-hybridized carbons (Fsp3) is 0.409. The average Bonchev–Trinajstić information content (AvgIpc) is 2.72. The van der Waals surface area contributed by atoms with Gasteiger partial charge >= 0.3 is 6.18 Å². The van der Waals surface area contributed by atoms with E-state index in [1.807, 2.05) is 37.3 Å². The van der Waals surface area contributed by atoms with Crippen molar-refractivity contribution in [1.29, 1.82) is 0 Å². The first-order valence-corrected chi connectivity index (χ1v) is 9.77. The van der Waals surface area contributed by atoms with Crippen molar-refractivity contribution in [2.24, 2.45) is 4.99 Å². The Hall–Kier alpha value is -2.74. The van der Waals surface area contributed by atoms with Gasteiger partial charge in [0.05, 0.1) is 20.3 Å². The first kappa shape index (κ1) is 23.5. The number of halogens is 3. The number of guanidine groups is 1. The van der Waals surface area contributed by atoms with Crippen molar-refractivity contribution in [3.63, 3.8) is 0 Å². The molecule has 0 bridgehead atoms. The Bertz CT molecular complexity index is 793. The van der Waals surface area contributed by atoms with Crippen LogP contribution in [-0.4, -0.2) is 38.9 Å². The van der Waals surface area contributed by atoms with Crippen LogP contribution in [0.2, 0.25) is 0 Å². The third-order valence-electron chi connectivity index (χ3n) is 4.15. The van der Waals surface area contributed by atoms with Crippen LogP contribution >= 0.6 is 0 Å². The molecule has 0 aliphatic rings. The van der Waals surface area contributed by atoms with Crippen molar-refractivity contribution in [3.05, 3.63) is 65.2 Å². The minimum Gasteiger partial charge on any atom is -0.497 e. The predicted octanol–water partition coefficient (Wildman–Crippen LogP) is 4.07. The monoisotopic (exact) mass is 423 g/mol. The summed E-state index contributed by atoms with van der Waals surface area (Å²) in [6, 6.07) is 15.1. The number of hydrogen-bond donors (Lipinski definition) is 2. The Labute approximate surface area is 175 Å². The second-order valence-corrected chi connectivity index (χ2v) is 6.65. The highest BCUT2D eigenvalue weighted by Gasteiger charge is 2.27. The molecule has 0 aliphatic heterocycles. The highest BCUT2D eigenvalue weighted by molar-refractivity contribution is 5.79. The number of rotatable bonds is 10. The molecule has 0 aromatic heterocycles. The van der Waals surface area contributed by atoms with Gasteiger partial charge in [-0.05, 0) is 42.2 Å². The van der Waals surface area contributed by atoms with Gasteiger partial charge in [0.1, 0.15) is 12.4 Å². The standard InChI is InChI=1S/C22H28F3N3O2/c1-3-26-21(27-12-11-17-7-9-20(29-2)10-8-17)28-14-18-5-4-6-19(13-18)15-30-16-22(23,24)25/h4-10,13H,3,11-12,14-16H2,1-2H3,(H2,26,27,28). The largest absolute Gasteiger partial charge is 0.497 e. The first-order chi connectivity index (χ1) is 14.4. The van der Waals surface area contributed by atoms with E-state index in [1.54, 1.807) is 25.3 Å². The Balaban J connectivity index is 1.86. The maximum Gasteiger partial charge on any atom is 0.411 e. The molecule has 0 atom stereocenters. The van der Waals surface area contributed by atoms with Crippen molar-refractivity contribution >= 4 is 5.96 Å². The molecule has 0 radical (unpaired) electrons. The fourth-order valence-electron chi connectivity index (χ4n) is 2.73. The Kier molecular flexibility index (Phi) is 9.47. The lowest BCUT2D eigenvalue weighted by Crippen LogP contribution is -2.38. The number of nitrogens with one attached hydrogen (secondary N) is 2. The quantitative estimate of drug-likeness (QED) is 0.447. The Morgan fingerprint density at radius 3 is 2.40 bits per heavy atom. The van der Waals surface area contributed by atoms with Crippen LogP contribution in [0.3, 0.4) is 0 Å². The van der Waals surface area contributed by atoms with Gasteiger partial charge in [0.15, 0.2) is 5.96 Å². The summed E-state index contributed by atoms with van der Waals surface area (Å²) in [5.41, 5.74) is 2.77. The van der Waals surface area contributed by atoms with Gasteiger partial charge in [-0.3, -0.25) is 0 Å². The topological polar surface area (TPSA) is 54.9 Å². The Morgan fingerprint density at radius 2 is 1.73 bits per heavy atom. The van der Waals surface area contributed by atoms with Crippen LogP contribution in [0, 0.1) is 0 Å². The number of methoxy groups -OCH3 is 1. The zero-order valence-corrected chi connectivity index (χ0v) is 17.3. The molecule has 0 fully saturated rings. The summed E-state index contributed by atoms with van der Waals surface area (Å²) in [7, 11) is 1.64.